The minimum atomic E-state index is -1.07. The number of nitrogens with one attached hydrogen (secondary N) is 4. The molecule has 1 aromatic heterocycles. The van der Waals surface area contributed by atoms with Gasteiger partial charge >= 0.3 is 18.2 Å². The number of carbonyl (C=O) groups is 3. The Kier molecular flexibility index (Phi) is 7.81. The third-order valence-corrected chi connectivity index (χ3v) is 3.91. The van der Waals surface area contributed by atoms with E-state index in [2.05, 4.69) is 45.9 Å². The number of hydrogen-bond acceptors (Lipinski definition) is 12. The second-order valence-corrected chi connectivity index (χ2v) is 6.11. The Morgan fingerprint density at radius 2 is 1.77 bits per heavy atom. The van der Waals surface area contributed by atoms with E-state index < -0.39 is 18.2 Å². The molecule has 0 radical (unpaired) electrons. The van der Waals surface area contributed by atoms with Crippen LogP contribution >= 0.6 is 11.8 Å². The highest BCUT2D eigenvalue weighted by Gasteiger charge is 2.12. The van der Waals surface area contributed by atoms with Crippen LogP contribution in [0.2, 0.25) is 0 Å². The summed E-state index contributed by atoms with van der Waals surface area (Å²) in [5.74, 6) is -1.75. The molecule has 6 N–H and O–H groups in total. The average molecular weight is 439 g/mol. The summed E-state index contributed by atoms with van der Waals surface area (Å²) < 4.78 is 8.87. The van der Waals surface area contributed by atoms with E-state index in [4.69, 9.17) is 5.11 Å². The second kappa shape index (κ2) is 10.5. The number of hydrogen-bond donors (Lipinski definition) is 6. The van der Waals surface area contributed by atoms with Crippen LogP contribution in [-0.4, -0.2) is 63.3 Å². The predicted octanol–water partition coefficient (Wildman–Crippen LogP) is 1.36. The molecule has 0 aliphatic carbocycles. The highest BCUT2D eigenvalue weighted by Crippen LogP contribution is 2.28. The number of hydrazine groups is 1. The van der Waals surface area contributed by atoms with E-state index in [9.17, 15) is 19.5 Å². The van der Waals surface area contributed by atoms with Crippen molar-refractivity contribution in [3.8, 4) is 5.75 Å². The van der Waals surface area contributed by atoms with E-state index >= 15 is 0 Å². The monoisotopic (exact) mass is 439 g/mol. The molecule has 0 fully saturated rings. The Morgan fingerprint density at radius 1 is 1.07 bits per heavy atom. The standard InChI is InChI=1S/C15H17N7O7S/c1-28-14(26)17-8-4-3-7(5-9(8)23)16-11-18-12(21-22-15(27)29-2)20-13(19-11)30-6-10(24)25/h3-5,23H,6H2,1-2H3,(H,17,26)(H,22,27)(H,24,25)(H2,16,18,19,20,21). The molecule has 0 aliphatic heterocycles. The van der Waals surface area contributed by atoms with Gasteiger partial charge in [0.1, 0.15) is 5.75 Å². The van der Waals surface area contributed by atoms with Crippen molar-refractivity contribution in [3.63, 3.8) is 0 Å². The molecule has 2 rings (SSSR count). The molecule has 14 nitrogen and oxygen atoms in total. The van der Waals surface area contributed by atoms with E-state index in [1.807, 2.05) is 0 Å². The van der Waals surface area contributed by atoms with Gasteiger partial charge in [0.05, 0.1) is 25.7 Å². The third kappa shape index (κ3) is 6.86. The fourth-order valence-corrected chi connectivity index (χ4v) is 2.38. The zero-order chi connectivity index (χ0) is 22.1. The molecule has 15 heteroatoms. The van der Waals surface area contributed by atoms with Crippen molar-refractivity contribution in [2.75, 3.05) is 36.0 Å². The zero-order valence-electron chi connectivity index (χ0n) is 15.6. The number of methoxy groups -OCH3 is 2. The van der Waals surface area contributed by atoms with Crippen LogP contribution in [0.1, 0.15) is 0 Å². The van der Waals surface area contributed by atoms with Crippen LogP contribution in [0.15, 0.2) is 23.4 Å². The first kappa shape index (κ1) is 22.3. The maximum absolute atomic E-state index is 11.2. The van der Waals surface area contributed by atoms with Crippen molar-refractivity contribution >= 4 is 53.2 Å². The molecule has 0 saturated carbocycles. The van der Waals surface area contributed by atoms with Gasteiger partial charge in [-0.15, -0.1) is 0 Å². The van der Waals surface area contributed by atoms with Crippen LogP contribution in [-0.2, 0) is 14.3 Å². The molecule has 1 aromatic carbocycles. The lowest BCUT2D eigenvalue weighted by Gasteiger charge is -2.11. The minimum absolute atomic E-state index is 0.0138. The van der Waals surface area contributed by atoms with Gasteiger partial charge in [-0.25, -0.2) is 15.0 Å². The van der Waals surface area contributed by atoms with Crippen molar-refractivity contribution in [2.45, 2.75) is 5.16 Å². The summed E-state index contributed by atoms with van der Waals surface area (Å²) in [7, 11) is 2.35. The number of carboxylic acids is 1. The van der Waals surface area contributed by atoms with E-state index in [-0.39, 0.29) is 34.2 Å². The Morgan fingerprint density at radius 3 is 2.40 bits per heavy atom. The number of benzene rings is 1. The molecule has 2 aromatic rings. The number of thioether (sulfide) groups is 1. The van der Waals surface area contributed by atoms with Crippen LogP contribution in [0.4, 0.5) is 32.9 Å². The molecule has 2 amide bonds. The van der Waals surface area contributed by atoms with E-state index in [0.717, 1.165) is 18.9 Å². The maximum atomic E-state index is 11.2. The summed E-state index contributed by atoms with van der Waals surface area (Å²) in [6.07, 6.45) is -1.55. The predicted molar refractivity (Wildman–Crippen MR) is 105 cm³/mol. The van der Waals surface area contributed by atoms with Crippen molar-refractivity contribution in [3.05, 3.63) is 18.2 Å². The van der Waals surface area contributed by atoms with Gasteiger partial charge in [-0.2, -0.15) is 15.0 Å². The first-order valence-corrected chi connectivity index (χ1v) is 8.95. The van der Waals surface area contributed by atoms with Crippen LogP contribution < -0.4 is 21.5 Å². The molecule has 30 heavy (non-hydrogen) atoms. The largest absolute Gasteiger partial charge is 0.506 e. The van der Waals surface area contributed by atoms with Crippen molar-refractivity contribution in [2.24, 2.45) is 0 Å². The normalized spacial score (nSPS) is 9.93. The smallest absolute Gasteiger partial charge is 0.425 e. The molecule has 0 saturated heterocycles. The Balaban J connectivity index is 2.22. The number of ether oxygens (including phenoxy) is 2. The molecule has 0 unspecified atom stereocenters. The summed E-state index contributed by atoms with van der Waals surface area (Å²) in [6.45, 7) is 0. The van der Waals surface area contributed by atoms with Crippen molar-refractivity contribution in [1.82, 2.24) is 20.4 Å². The summed E-state index contributed by atoms with van der Waals surface area (Å²) >= 11 is 0.826. The number of carbonyl (C=O) groups excluding carboxylic acids is 2. The van der Waals surface area contributed by atoms with Gasteiger partial charge in [0.25, 0.3) is 0 Å². The number of amides is 2. The first-order chi connectivity index (χ1) is 14.3. The number of rotatable bonds is 8. The highest BCUT2D eigenvalue weighted by atomic mass is 32.2. The number of phenols is 1. The molecule has 160 valence electrons. The lowest BCUT2D eigenvalue weighted by Crippen LogP contribution is -2.30. The van der Waals surface area contributed by atoms with E-state index in [1.165, 1.54) is 25.3 Å². The molecule has 0 bridgehead atoms. The molecule has 1 heterocycles. The number of phenolic OH excluding ortho intramolecular Hbond substituents is 1. The number of aromatic nitrogens is 3. The van der Waals surface area contributed by atoms with Gasteiger partial charge < -0.3 is 25.0 Å². The Labute approximate surface area is 173 Å². The molecule has 0 aliphatic rings. The Bertz CT molecular complexity index is 944. The van der Waals surface area contributed by atoms with Gasteiger partial charge in [-0.1, -0.05) is 11.8 Å². The van der Waals surface area contributed by atoms with Gasteiger partial charge in [0.15, 0.2) is 5.16 Å². The second-order valence-electron chi connectivity index (χ2n) is 5.16. The number of anilines is 4. The summed E-state index contributed by atoms with van der Waals surface area (Å²) in [5, 5.41) is 24.0. The minimum Gasteiger partial charge on any atom is -0.506 e. The molecular weight excluding hydrogens is 422 g/mol. The van der Waals surface area contributed by atoms with Gasteiger partial charge in [-0.3, -0.25) is 15.5 Å². The average Bonchev–Trinajstić information content (AvgIpc) is 2.72. The van der Waals surface area contributed by atoms with Gasteiger partial charge in [-0.05, 0) is 12.1 Å². The van der Waals surface area contributed by atoms with Gasteiger partial charge in [0.2, 0.25) is 11.9 Å². The SMILES string of the molecule is COC(=O)NNc1nc(Nc2ccc(NC(=O)OC)c(O)c2)nc(SCC(=O)O)n1. The van der Waals surface area contributed by atoms with E-state index in [1.54, 1.807) is 0 Å². The lowest BCUT2D eigenvalue weighted by atomic mass is 10.2. The molecular formula is C15H17N7O7S. The first-order valence-electron chi connectivity index (χ1n) is 7.96. The zero-order valence-corrected chi connectivity index (χ0v) is 16.4. The topological polar surface area (TPSA) is 197 Å². The number of nitrogens with zero attached hydrogens (tertiary/aromatic N) is 3. The summed E-state index contributed by atoms with van der Waals surface area (Å²) in [5.41, 5.74) is 5.02. The number of aliphatic carboxylic acids is 1. The highest BCUT2D eigenvalue weighted by molar-refractivity contribution is 7.99. The summed E-state index contributed by atoms with van der Waals surface area (Å²) in [4.78, 5) is 45.3. The van der Waals surface area contributed by atoms with Crippen LogP contribution in [0.3, 0.4) is 0 Å². The maximum Gasteiger partial charge on any atom is 0.425 e. The van der Waals surface area contributed by atoms with Crippen LogP contribution in [0.25, 0.3) is 0 Å². The molecule has 0 atom stereocenters. The van der Waals surface area contributed by atoms with E-state index in [0.29, 0.717) is 5.69 Å². The Hall–Kier alpha value is -4.01. The summed E-state index contributed by atoms with van der Waals surface area (Å²) in [6, 6.07) is 4.21. The van der Waals surface area contributed by atoms with Crippen LogP contribution in [0, 0.1) is 0 Å². The lowest BCUT2D eigenvalue weighted by molar-refractivity contribution is -0.133. The van der Waals surface area contributed by atoms with Gasteiger partial charge in [0, 0.05) is 11.8 Å². The number of aromatic hydroxyl groups is 1. The van der Waals surface area contributed by atoms with Crippen molar-refractivity contribution in [1.29, 1.82) is 0 Å². The van der Waals surface area contributed by atoms with Crippen LogP contribution in [0.5, 0.6) is 5.75 Å². The fourth-order valence-electron chi connectivity index (χ4n) is 1.82. The third-order valence-electron chi connectivity index (χ3n) is 3.08. The fraction of sp³-hybridized carbons (Fsp3) is 0.200. The quantitative estimate of drug-likeness (QED) is 0.196. The number of carboxylic acid groups (broad SMARTS) is 1. The van der Waals surface area contributed by atoms with Crippen molar-refractivity contribution < 1.29 is 34.1 Å². The molecule has 0 spiro atoms.